The molecule has 1 aliphatic heterocycles. The van der Waals surface area contributed by atoms with E-state index in [-0.39, 0.29) is 6.04 Å². The van der Waals surface area contributed by atoms with Crippen LogP contribution in [0.3, 0.4) is 0 Å². The van der Waals surface area contributed by atoms with E-state index in [1.54, 1.807) is 19.2 Å². The maximum Gasteiger partial charge on any atom is 0.330 e. The van der Waals surface area contributed by atoms with Gasteiger partial charge in [-0.1, -0.05) is 19.3 Å². The number of esters is 1. The van der Waals surface area contributed by atoms with E-state index in [4.69, 9.17) is 0 Å². The summed E-state index contributed by atoms with van der Waals surface area (Å²) in [6, 6.07) is 0.375. The van der Waals surface area contributed by atoms with Crippen molar-refractivity contribution in [2.45, 2.75) is 58.0 Å². The number of allylic oxidation sites excluding steroid dienone is 1. The third kappa shape index (κ3) is 9.38. The second-order valence-corrected chi connectivity index (χ2v) is 6.88. The summed E-state index contributed by atoms with van der Waals surface area (Å²) in [7, 11) is 3.39. The minimum absolute atomic E-state index is 0.361. The highest BCUT2D eigenvalue weighted by atomic mass is 16.5. The van der Waals surface area contributed by atoms with Crippen LogP contribution in [0.1, 0.15) is 46.0 Å². The molecular weight excluding hydrogens is 344 g/mol. The molecule has 2 aliphatic rings. The van der Waals surface area contributed by atoms with Gasteiger partial charge in [0.1, 0.15) is 18.2 Å². The molecule has 152 valence electrons. The molecule has 7 heteroatoms. The van der Waals surface area contributed by atoms with Gasteiger partial charge < -0.3 is 25.5 Å². The van der Waals surface area contributed by atoms with E-state index in [0.717, 1.165) is 23.9 Å². The van der Waals surface area contributed by atoms with Crippen molar-refractivity contribution in [2.75, 3.05) is 20.7 Å². The minimum atomic E-state index is -0.415. The Balaban J connectivity index is 0.000000309. The number of rotatable bonds is 6. The van der Waals surface area contributed by atoms with Crippen LogP contribution in [-0.2, 0) is 14.3 Å². The maximum absolute atomic E-state index is 10.9. The van der Waals surface area contributed by atoms with Gasteiger partial charge in [0.2, 0.25) is 0 Å². The summed E-state index contributed by atoms with van der Waals surface area (Å²) in [5.74, 6) is 1.22. The first-order valence-corrected chi connectivity index (χ1v) is 9.66. The van der Waals surface area contributed by atoms with Gasteiger partial charge in [-0.05, 0) is 45.7 Å². The van der Waals surface area contributed by atoms with Crippen LogP contribution in [-0.4, -0.2) is 50.9 Å². The fourth-order valence-electron chi connectivity index (χ4n) is 3.01. The van der Waals surface area contributed by atoms with E-state index in [0.29, 0.717) is 12.4 Å². The molecule has 0 aromatic heterocycles. The zero-order valence-corrected chi connectivity index (χ0v) is 17.0. The van der Waals surface area contributed by atoms with Crippen LogP contribution in [0, 0.1) is 5.92 Å². The van der Waals surface area contributed by atoms with Gasteiger partial charge in [0.05, 0.1) is 19.4 Å². The Bertz CT molecular complexity index is 551. The number of hydrogen-bond acceptors (Lipinski definition) is 6. The molecule has 0 aromatic carbocycles. The van der Waals surface area contributed by atoms with E-state index in [1.165, 1.54) is 45.3 Å². The van der Waals surface area contributed by atoms with Crippen molar-refractivity contribution in [1.82, 2.24) is 16.0 Å². The van der Waals surface area contributed by atoms with Crippen molar-refractivity contribution in [3.8, 4) is 0 Å². The zero-order valence-electron chi connectivity index (χ0n) is 17.0. The number of aldehydes is 1. The van der Waals surface area contributed by atoms with Crippen molar-refractivity contribution in [1.29, 1.82) is 0 Å². The first-order chi connectivity index (χ1) is 13.0. The minimum Gasteiger partial charge on any atom is -0.466 e. The fourth-order valence-corrected chi connectivity index (χ4v) is 3.01. The number of methoxy groups -OCH3 is 1. The predicted molar refractivity (Wildman–Crippen MR) is 108 cm³/mol. The van der Waals surface area contributed by atoms with Crippen LogP contribution in [0.4, 0.5) is 0 Å². The van der Waals surface area contributed by atoms with Gasteiger partial charge in [0, 0.05) is 18.3 Å². The molecule has 1 saturated carbocycles. The summed E-state index contributed by atoms with van der Waals surface area (Å²) >= 11 is 0. The first-order valence-electron chi connectivity index (χ1n) is 9.66. The van der Waals surface area contributed by atoms with Gasteiger partial charge in [0.25, 0.3) is 0 Å². The molecule has 1 fully saturated rings. The number of nitrogens with one attached hydrogen (secondary N) is 3. The highest BCUT2D eigenvalue weighted by Crippen LogP contribution is 2.25. The van der Waals surface area contributed by atoms with E-state index in [1.807, 2.05) is 0 Å². The Morgan fingerprint density at radius 1 is 1.33 bits per heavy atom. The number of hydrogen-bond donors (Lipinski definition) is 3. The molecule has 27 heavy (non-hydrogen) atoms. The molecule has 3 N–H and O–H groups in total. The van der Waals surface area contributed by atoms with Crippen LogP contribution in [0.2, 0.25) is 0 Å². The van der Waals surface area contributed by atoms with Crippen LogP contribution >= 0.6 is 0 Å². The van der Waals surface area contributed by atoms with Gasteiger partial charge >= 0.3 is 5.97 Å². The Hall–Kier alpha value is -2.15. The van der Waals surface area contributed by atoms with Crippen molar-refractivity contribution < 1.29 is 14.3 Å². The normalized spacial score (nSPS) is 21.2. The number of amidine groups is 1. The Kier molecular flexibility index (Phi) is 11.1. The van der Waals surface area contributed by atoms with Gasteiger partial charge in [-0.15, -0.1) is 0 Å². The van der Waals surface area contributed by atoms with Gasteiger partial charge in [-0.25, -0.2) is 4.79 Å². The topological polar surface area (TPSA) is 91.8 Å². The molecule has 2 atom stereocenters. The summed E-state index contributed by atoms with van der Waals surface area (Å²) in [5.41, 5.74) is 0.744. The predicted octanol–water partition coefficient (Wildman–Crippen LogP) is 1.91. The second kappa shape index (κ2) is 13.1. The molecule has 2 unspecified atom stereocenters. The van der Waals surface area contributed by atoms with Gasteiger partial charge in [-0.2, -0.15) is 0 Å². The molecule has 2 rings (SSSR count). The summed E-state index contributed by atoms with van der Waals surface area (Å²) in [6.07, 6.45) is 12.6. The molecular formula is C20H34N4O3. The number of carbonyl (C=O) groups is 2. The molecule has 7 nitrogen and oxygen atoms in total. The molecule has 0 bridgehead atoms. The highest BCUT2D eigenvalue weighted by Gasteiger charge is 2.17. The average Bonchev–Trinajstić information content (AvgIpc) is 2.73. The Morgan fingerprint density at radius 2 is 2.04 bits per heavy atom. The number of aliphatic imine (C=N–C) groups is 1. The molecule has 0 aromatic rings. The van der Waals surface area contributed by atoms with Gasteiger partial charge in [0.15, 0.2) is 0 Å². The summed E-state index contributed by atoms with van der Waals surface area (Å²) in [5, 5.41) is 9.31. The lowest BCUT2D eigenvalue weighted by molar-refractivity contribution is -0.134. The monoisotopic (exact) mass is 378 g/mol. The Labute approximate surface area is 162 Å². The largest absolute Gasteiger partial charge is 0.466 e. The van der Waals surface area contributed by atoms with E-state index >= 15 is 0 Å². The van der Waals surface area contributed by atoms with Crippen molar-refractivity contribution in [3.05, 3.63) is 24.0 Å². The molecule has 0 radical (unpaired) electrons. The fraction of sp³-hybridized carbons (Fsp3) is 0.650. The third-order valence-corrected chi connectivity index (χ3v) is 4.82. The lowest BCUT2D eigenvalue weighted by atomic mass is 9.85. The Morgan fingerprint density at radius 3 is 2.56 bits per heavy atom. The van der Waals surface area contributed by atoms with E-state index < -0.39 is 5.97 Å². The van der Waals surface area contributed by atoms with Crippen LogP contribution in [0.25, 0.3) is 0 Å². The third-order valence-electron chi connectivity index (χ3n) is 4.82. The van der Waals surface area contributed by atoms with Crippen molar-refractivity contribution in [2.24, 2.45) is 10.9 Å². The lowest BCUT2D eigenvalue weighted by Crippen LogP contribution is -2.37. The quantitative estimate of drug-likeness (QED) is 0.371. The number of nitrogens with zero attached hydrogens (tertiary/aromatic N) is 1. The van der Waals surface area contributed by atoms with Gasteiger partial charge in [-0.3, -0.25) is 4.99 Å². The molecule has 1 heterocycles. The summed E-state index contributed by atoms with van der Waals surface area (Å²) < 4.78 is 4.47. The van der Waals surface area contributed by atoms with Crippen molar-refractivity contribution in [3.63, 3.8) is 0 Å². The van der Waals surface area contributed by atoms with E-state index in [2.05, 4.69) is 39.7 Å². The van der Waals surface area contributed by atoms with Crippen LogP contribution in [0.15, 0.2) is 29.0 Å². The standard InChI is InChI=1S/C11H15N3O3.C9H19N/c1-8(7-15)14-10-6-12-9(5-13-10)3-4-11(16)17-2;1-8(10-2)9-6-4-3-5-7-9/h3-5,7-8,12H,6H2,1-2H3,(H,13,14);8-10H,3-7H2,1-2H3/b4-3+;. The molecule has 0 saturated heterocycles. The number of ether oxygens (including phenoxy) is 1. The smallest absolute Gasteiger partial charge is 0.330 e. The summed E-state index contributed by atoms with van der Waals surface area (Å²) in [6.45, 7) is 4.49. The average molecular weight is 379 g/mol. The maximum atomic E-state index is 10.9. The molecule has 0 amide bonds. The SMILES string of the molecule is CNC(C)C1CCCCC1.COC(=O)/C=C/C1=CNC(=NC(C)C=O)CN1. The highest BCUT2D eigenvalue weighted by molar-refractivity contribution is 5.88. The zero-order chi connectivity index (χ0) is 20.1. The second-order valence-electron chi connectivity index (χ2n) is 6.88. The van der Waals surface area contributed by atoms with Crippen LogP contribution < -0.4 is 16.0 Å². The van der Waals surface area contributed by atoms with Crippen molar-refractivity contribution >= 4 is 18.1 Å². The summed E-state index contributed by atoms with van der Waals surface area (Å²) in [4.78, 5) is 25.4. The van der Waals surface area contributed by atoms with E-state index in [9.17, 15) is 9.59 Å². The molecule has 1 aliphatic carbocycles. The lowest BCUT2D eigenvalue weighted by Gasteiger charge is -2.27. The van der Waals surface area contributed by atoms with Crippen LogP contribution in [0.5, 0.6) is 0 Å². The first kappa shape index (κ1) is 22.9. The number of carbonyl (C=O) groups excluding carboxylic acids is 2. The molecule has 0 spiro atoms.